The molecule has 1 saturated heterocycles. The van der Waals surface area contributed by atoms with Crippen LogP contribution >= 0.6 is 11.6 Å². The van der Waals surface area contributed by atoms with E-state index in [1.165, 1.54) is 0 Å². The normalized spacial score (nSPS) is 14.5. The van der Waals surface area contributed by atoms with Crippen LogP contribution in [0.25, 0.3) is 0 Å². The molecule has 21 heavy (non-hydrogen) atoms. The molecular formula is C17H16ClNO2. The van der Waals surface area contributed by atoms with Crippen molar-refractivity contribution in [1.82, 2.24) is 4.90 Å². The maximum Gasteiger partial charge on any atom is 0.222 e. The lowest BCUT2D eigenvalue weighted by Gasteiger charge is -2.15. The third kappa shape index (κ3) is 3.56. The van der Waals surface area contributed by atoms with Crippen molar-refractivity contribution >= 4 is 17.5 Å². The number of carbonyl (C=O) groups excluding carboxylic acids is 1. The van der Waals surface area contributed by atoms with Crippen LogP contribution in [-0.2, 0) is 11.3 Å². The van der Waals surface area contributed by atoms with Crippen molar-refractivity contribution < 1.29 is 9.53 Å². The van der Waals surface area contributed by atoms with Gasteiger partial charge in [0.1, 0.15) is 11.5 Å². The molecule has 108 valence electrons. The Kier molecular flexibility index (Phi) is 4.11. The first-order chi connectivity index (χ1) is 10.2. The number of carbonyl (C=O) groups is 1. The summed E-state index contributed by atoms with van der Waals surface area (Å²) in [5, 5.41) is 0.688. The summed E-state index contributed by atoms with van der Waals surface area (Å²) in [6.45, 7) is 1.54. The maximum atomic E-state index is 11.6. The van der Waals surface area contributed by atoms with Gasteiger partial charge in [0.05, 0.1) is 0 Å². The molecule has 0 N–H and O–H groups in total. The third-order valence-electron chi connectivity index (χ3n) is 3.52. The van der Waals surface area contributed by atoms with Crippen molar-refractivity contribution in [3.05, 3.63) is 59.1 Å². The SMILES string of the molecule is O=C1CCCN1Cc1ccc(Oc2ccc(Cl)cc2)cc1. The van der Waals surface area contributed by atoms with Crippen LogP contribution in [0.1, 0.15) is 18.4 Å². The minimum Gasteiger partial charge on any atom is -0.457 e. The van der Waals surface area contributed by atoms with Gasteiger partial charge in [-0.15, -0.1) is 0 Å². The smallest absolute Gasteiger partial charge is 0.222 e. The molecule has 0 saturated carbocycles. The standard InChI is InChI=1S/C17H16ClNO2/c18-14-5-9-16(10-6-14)21-15-7-3-13(4-8-15)12-19-11-1-2-17(19)20/h3-10H,1-2,11-12H2. The molecule has 0 aromatic heterocycles. The summed E-state index contributed by atoms with van der Waals surface area (Å²) in [6, 6.07) is 15.1. The second-order valence-electron chi connectivity index (χ2n) is 5.12. The highest BCUT2D eigenvalue weighted by atomic mass is 35.5. The van der Waals surface area contributed by atoms with E-state index in [1.807, 2.05) is 41.3 Å². The Labute approximate surface area is 129 Å². The number of benzene rings is 2. The molecular weight excluding hydrogens is 286 g/mol. The van der Waals surface area contributed by atoms with E-state index in [4.69, 9.17) is 16.3 Å². The number of halogens is 1. The molecule has 1 aliphatic rings. The van der Waals surface area contributed by atoms with Crippen LogP contribution in [0.2, 0.25) is 5.02 Å². The minimum absolute atomic E-state index is 0.247. The Hall–Kier alpha value is -2.00. The number of rotatable bonds is 4. The number of likely N-dealkylation sites (tertiary alicyclic amines) is 1. The highest BCUT2D eigenvalue weighted by Gasteiger charge is 2.19. The van der Waals surface area contributed by atoms with Gasteiger partial charge in [-0.25, -0.2) is 0 Å². The number of nitrogens with zero attached hydrogens (tertiary/aromatic N) is 1. The van der Waals surface area contributed by atoms with Crippen LogP contribution in [0.4, 0.5) is 0 Å². The van der Waals surface area contributed by atoms with Crippen molar-refractivity contribution in [2.45, 2.75) is 19.4 Å². The molecule has 2 aromatic carbocycles. The molecule has 1 amide bonds. The molecule has 0 aliphatic carbocycles. The fourth-order valence-electron chi connectivity index (χ4n) is 2.39. The second kappa shape index (κ2) is 6.19. The molecule has 4 heteroatoms. The van der Waals surface area contributed by atoms with Gasteiger partial charge >= 0.3 is 0 Å². The van der Waals surface area contributed by atoms with Crippen LogP contribution in [0.3, 0.4) is 0 Å². The first-order valence-electron chi connectivity index (χ1n) is 7.01. The summed E-state index contributed by atoms with van der Waals surface area (Å²) in [6.07, 6.45) is 1.65. The largest absolute Gasteiger partial charge is 0.457 e. The molecule has 0 radical (unpaired) electrons. The molecule has 3 rings (SSSR count). The quantitative estimate of drug-likeness (QED) is 0.844. The molecule has 1 heterocycles. The highest BCUT2D eigenvalue weighted by molar-refractivity contribution is 6.30. The maximum absolute atomic E-state index is 11.6. The zero-order valence-electron chi connectivity index (χ0n) is 11.6. The molecule has 3 nitrogen and oxygen atoms in total. The van der Waals surface area contributed by atoms with E-state index in [2.05, 4.69) is 0 Å². The van der Waals surface area contributed by atoms with E-state index in [-0.39, 0.29) is 5.91 Å². The van der Waals surface area contributed by atoms with E-state index < -0.39 is 0 Å². The number of ether oxygens (including phenoxy) is 1. The Morgan fingerprint density at radius 2 is 1.62 bits per heavy atom. The van der Waals surface area contributed by atoms with E-state index in [1.54, 1.807) is 12.1 Å². The van der Waals surface area contributed by atoms with Gasteiger partial charge in [0.25, 0.3) is 0 Å². The molecule has 1 aliphatic heterocycles. The van der Waals surface area contributed by atoms with Crippen LogP contribution in [-0.4, -0.2) is 17.4 Å². The Bertz CT molecular complexity index is 622. The summed E-state index contributed by atoms with van der Waals surface area (Å²) in [4.78, 5) is 13.5. The fourth-order valence-corrected chi connectivity index (χ4v) is 2.52. The van der Waals surface area contributed by atoms with Gasteiger partial charge in [0, 0.05) is 24.5 Å². The van der Waals surface area contributed by atoms with Gasteiger partial charge < -0.3 is 9.64 Å². The number of amides is 1. The average molecular weight is 302 g/mol. The van der Waals surface area contributed by atoms with E-state index in [0.29, 0.717) is 18.0 Å². The Morgan fingerprint density at radius 3 is 2.19 bits per heavy atom. The van der Waals surface area contributed by atoms with Crippen molar-refractivity contribution in [3.8, 4) is 11.5 Å². The lowest BCUT2D eigenvalue weighted by molar-refractivity contribution is -0.128. The molecule has 0 atom stereocenters. The number of hydrogen-bond donors (Lipinski definition) is 0. The zero-order valence-corrected chi connectivity index (χ0v) is 12.3. The summed E-state index contributed by atoms with van der Waals surface area (Å²) in [5.74, 6) is 1.77. The van der Waals surface area contributed by atoms with Gasteiger partial charge in [-0.05, 0) is 48.4 Å². The summed E-state index contributed by atoms with van der Waals surface area (Å²) in [5.41, 5.74) is 1.12. The summed E-state index contributed by atoms with van der Waals surface area (Å²) < 4.78 is 5.74. The van der Waals surface area contributed by atoms with Crippen molar-refractivity contribution in [3.63, 3.8) is 0 Å². The Morgan fingerprint density at radius 1 is 1.00 bits per heavy atom. The molecule has 2 aromatic rings. The lowest BCUT2D eigenvalue weighted by atomic mass is 10.2. The van der Waals surface area contributed by atoms with Crippen LogP contribution in [0.15, 0.2) is 48.5 Å². The summed E-state index contributed by atoms with van der Waals surface area (Å²) >= 11 is 5.84. The van der Waals surface area contributed by atoms with Crippen LogP contribution in [0, 0.1) is 0 Å². The van der Waals surface area contributed by atoms with Crippen molar-refractivity contribution in [2.75, 3.05) is 6.54 Å². The number of hydrogen-bond acceptors (Lipinski definition) is 2. The first kappa shape index (κ1) is 14.0. The second-order valence-corrected chi connectivity index (χ2v) is 5.56. The first-order valence-corrected chi connectivity index (χ1v) is 7.39. The minimum atomic E-state index is 0.247. The van der Waals surface area contributed by atoms with Crippen LogP contribution in [0.5, 0.6) is 11.5 Å². The van der Waals surface area contributed by atoms with E-state index in [0.717, 1.165) is 30.0 Å². The van der Waals surface area contributed by atoms with Gasteiger partial charge in [-0.3, -0.25) is 4.79 Å². The fraction of sp³-hybridized carbons (Fsp3) is 0.235. The van der Waals surface area contributed by atoms with Gasteiger partial charge in [0.15, 0.2) is 0 Å². The molecule has 0 unspecified atom stereocenters. The van der Waals surface area contributed by atoms with Crippen molar-refractivity contribution in [1.29, 1.82) is 0 Å². The average Bonchev–Trinajstić information content (AvgIpc) is 2.89. The predicted molar refractivity (Wildman–Crippen MR) is 82.6 cm³/mol. The predicted octanol–water partition coefficient (Wildman–Crippen LogP) is 4.25. The zero-order chi connectivity index (χ0) is 14.7. The van der Waals surface area contributed by atoms with Gasteiger partial charge in [0.2, 0.25) is 5.91 Å². The molecule has 1 fully saturated rings. The summed E-state index contributed by atoms with van der Waals surface area (Å²) in [7, 11) is 0. The molecule has 0 bridgehead atoms. The van der Waals surface area contributed by atoms with Gasteiger partial charge in [-0.1, -0.05) is 23.7 Å². The third-order valence-corrected chi connectivity index (χ3v) is 3.77. The van der Waals surface area contributed by atoms with Crippen molar-refractivity contribution in [2.24, 2.45) is 0 Å². The van der Waals surface area contributed by atoms with Gasteiger partial charge in [-0.2, -0.15) is 0 Å². The lowest BCUT2D eigenvalue weighted by Crippen LogP contribution is -2.23. The highest BCUT2D eigenvalue weighted by Crippen LogP contribution is 2.24. The van der Waals surface area contributed by atoms with E-state index >= 15 is 0 Å². The Balaban J connectivity index is 1.63. The molecule has 0 spiro atoms. The van der Waals surface area contributed by atoms with Crippen LogP contribution < -0.4 is 4.74 Å². The topological polar surface area (TPSA) is 29.5 Å². The van der Waals surface area contributed by atoms with E-state index in [9.17, 15) is 4.79 Å². The monoisotopic (exact) mass is 301 g/mol.